The highest BCUT2D eigenvalue weighted by Crippen LogP contribution is 2.14. The molecule has 1 atom stereocenters. The van der Waals surface area contributed by atoms with Crippen molar-refractivity contribution in [3.05, 3.63) is 0 Å². The van der Waals surface area contributed by atoms with Gasteiger partial charge >= 0.3 is 5.97 Å². The van der Waals surface area contributed by atoms with Gasteiger partial charge in [0.25, 0.3) is 0 Å². The van der Waals surface area contributed by atoms with Crippen LogP contribution >= 0.6 is 0 Å². The largest absolute Gasteiger partial charge is 0.481 e. The zero-order valence-corrected chi connectivity index (χ0v) is 9.78. The van der Waals surface area contributed by atoms with E-state index in [4.69, 9.17) is 10.8 Å². The van der Waals surface area contributed by atoms with Crippen LogP contribution in [0.2, 0.25) is 0 Å². The molecule has 5 heteroatoms. The Morgan fingerprint density at radius 1 is 1.40 bits per heavy atom. The van der Waals surface area contributed by atoms with Crippen LogP contribution in [-0.2, 0) is 9.59 Å². The number of rotatable bonds is 4. The normalized spacial score (nSPS) is 13.4. The summed E-state index contributed by atoms with van der Waals surface area (Å²) < 4.78 is 0. The van der Waals surface area contributed by atoms with Crippen molar-refractivity contribution in [3.8, 4) is 0 Å². The summed E-state index contributed by atoms with van der Waals surface area (Å²) in [5.74, 6) is -1.38. The minimum Gasteiger partial charge on any atom is -0.481 e. The van der Waals surface area contributed by atoms with Gasteiger partial charge in [-0.25, -0.2) is 0 Å². The average Bonchev–Trinajstić information content (AvgIpc) is 1.98. The van der Waals surface area contributed by atoms with E-state index >= 15 is 0 Å². The van der Waals surface area contributed by atoms with Crippen LogP contribution in [0.15, 0.2) is 0 Å². The maximum absolute atomic E-state index is 11.6. The quantitative estimate of drug-likeness (QED) is 0.707. The van der Waals surface area contributed by atoms with Gasteiger partial charge in [0.1, 0.15) is 0 Å². The molecule has 3 N–H and O–H groups in total. The van der Waals surface area contributed by atoms with Crippen LogP contribution in [0.4, 0.5) is 0 Å². The third-order valence-electron chi connectivity index (χ3n) is 1.80. The number of aliphatic carboxylic acids is 1. The third-order valence-corrected chi connectivity index (χ3v) is 1.80. The van der Waals surface area contributed by atoms with Crippen molar-refractivity contribution in [2.75, 3.05) is 13.6 Å². The Balaban J connectivity index is 4.26. The van der Waals surface area contributed by atoms with Crippen LogP contribution < -0.4 is 5.73 Å². The summed E-state index contributed by atoms with van der Waals surface area (Å²) in [6.07, 6.45) is -0.326. The van der Waals surface area contributed by atoms with Gasteiger partial charge < -0.3 is 15.7 Å². The number of nitrogens with two attached hydrogens (primary N) is 1. The molecule has 0 fully saturated rings. The van der Waals surface area contributed by atoms with Gasteiger partial charge in [-0.05, 0) is 5.41 Å². The number of nitrogens with zero attached hydrogens (tertiary/aromatic N) is 1. The summed E-state index contributed by atoms with van der Waals surface area (Å²) in [6.45, 7) is 6.55. The molecule has 0 rings (SSSR count). The number of carbonyl (C=O) groups is 2. The minimum atomic E-state index is -1.06. The first-order valence-electron chi connectivity index (χ1n) is 4.86. The maximum Gasteiger partial charge on any atom is 0.305 e. The van der Waals surface area contributed by atoms with Gasteiger partial charge in [0, 0.05) is 13.6 Å². The summed E-state index contributed by atoms with van der Waals surface area (Å²) in [5, 5.41) is 8.50. The zero-order chi connectivity index (χ0) is 12.2. The molecular weight excluding hydrogens is 196 g/mol. The molecule has 0 heterocycles. The Morgan fingerprint density at radius 3 is 2.20 bits per heavy atom. The van der Waals surface area contributed by atoms with Gasteiger partial charge in [0.15, 0.2) is 0 Å². The van der Waals surface area contributed by atoms with Gasteiger partial charge in [-0.3, -0.25) is 9.59 Å². The van der Waals surface area contributed by atoms with Crippen molar-refractivity contribution in [2.45, 2.75) is 33.2 Å². The number of carboxylic acid groups (broad SMARTS) is 1. The number of hydrogen-bond donors (Lipinski definition) is 2. The fraction of sp³-hybridized carbons (Fsp3) is 0.800. The molecule has 1 unspecified atom stereocenters. The van der Waals surface area contributed by atoms with E-state index in [2.05, 4.69) is 0 Å². The number of carboxylic acids is 1. The second-order valence-corrected chi connectivity index (χ2v) is 4.96. The zero-order valence-electron chi connectivity index (χ0n) is 9.78. The molecule has 15 heavy (non-hydrogen) atoms. The lowest BCUT2D eigenvalue weighted by molar-refractivity contribution is -0.141. The molecule has 0 spiro atoms. The van der Waals surface area contributed by atoms with Crippen molar-refractivity contribution in [1.82, 2.24) is 4.90 Å². The molecule has 0 aliphatic carbocycles. The van der Waals surface area contributed by atoms with E-state index in [0.717, 1.165) is 0 Å². The van der Waals surface area contributed by atoms with E-state index in [1.165, 1.54) is 4.90 Å². The van der Waals surface area contributed by atoms with E-state index < -0.39 is 12.0 Å². The molecular formula is C10H20N2O3. The molecule has 1 amide bonds. The number of carbonyl (C=O) groups excluding carboxylic acids is 1. The van der Waals surface area contributed by atoms with Crippen molar-refractivity contribution >= 4 is 11.9 Å². The number of hydrogen-bond acceptors (Lipinski definition) is 3. The molecule has 0 aromatic rings. The first kappa shape index (κ1) is 13.9. The summed E-state index contributed by atoms with van der Waals surface area (Å²) in [4.78, 5) is 23.4. The molecule has 0 saturated heterocycles. The van der Waals surface area contributed by atoms with E-state index in [1.54, 1.807) is 7.05 Å². The maximum atomic E-state index is 11.6. The fourth-order valence-corrected chi connectivity index (χ4v) is 1.35. The first-order valence-corrected chi connectivity index (χ1v) is 4.86. The monoisotopic (exact) mass is 216 g/mol. The minimum absolute atomic E-state index is 0.0205. The highest BCUT2D eigenvalue weighted by Gasteiger charge is 2.23. The first-order chi connectivity index (χ1) is 6.63. The summed E-state index contributed by atoms with van der Waals surface area (Å²) >= 11 is 0. The summed E-state index contributed by atoms with van der Waals surface area (Å²) in [6, 6.07) is -0.949. The van der Waals surface area contributed by atoms with E-state index in [9.17, 15) is 9.59 Å². The Labute approximate surface area is 90.2 Å². The fourth-order valence-electron chi connectivity index (χ4n) is 1.35. The Kier molecular flexibility index (Phi) is 4.74. The molecule has 88 valence electrons. The third kappa shape index (κ3) is 6.06. The highest BCUT2D eigenvalue weighted by molar-refractivity contribution is 5.85. The molecule has 0 aromatic heterocycles. The highest BCUT2D eigenvalue weighted by atomic mass is 16.4. The van der Waals surface area contributed by atoms with Crippen LogP contribution in [0, 0.1) is 5.41 Å². The SMILES string of the molecule is CN(CC(C)(C)C)C(=O)C(N)CC(=O)O. The van der Waals surface area contributed by atoms with Crippen molar-refractivity contribution < 1.29 is 14.7 Å². The lowest BCUT2D eigenvalue weighted by Crippen LogP contribution is -2.45. The van der Waals surface area contributed by atoms with Crippen molar-refractivity contribution in [1.29, 1.82) is 0 Å². The predicted molar refractivity (Wildman–Crippen MR) is 57.3 cm³/mol. The second-order valence-electron chi connectivity index (χ2n) is 4.96. The van der Waals surface area contributed by atoms with Gasteiger partial charge in [-0.15, -0.1) is 0 Å². The molecule has 0 bridgehead atoms. The Morgan fingerprint density at radius 2 is 1.87 bits per heavy atom. The standard InChI is InChI=1S/C10H20N2O3/c1-10(2,3)6-12(4)9(15)7(11)5-8(13)14/h7H,5-6,11H2,1-4H3,(H,13,14). The molecule has 0 aromatic carbocycles. The predicted octanol–water partition coefficient (Wildman–Crippen LogP) is 0.293. The van der Waals surface area contributed by atoms with Gasteiger partial charge in [0.2, 0.25) is 5.91 Å². The number of likely N-dealkylation sites (N-methyl/N-ethyl adjacent to an activating group) is 1. The Hall–Kier alpha value is -1.10. The lowest BCUT2D eigenvalue weighted by atomic mass is 9.96. The van der Waals surface area contributed by atoms with Gasteiger partial charge in [-0.2, -0.15) is 0 Å². The van der Waals surface area contributed by atoms with Crippen LogP contribution in [0.25, 0.3) is 0 Å². The molecule has 0 aliphatic rings. The van der Waals surface area contributed by atoms with E-state index in [-0.39, 0.29) is 17.7 Å². The topological polar surface area (TPSA) is 83.6 Å². The molecule has 0 radical (unpaired) electrons. The van der Waals surface area contributed by atoms with Crippen LogP contribution in [0.3, 0.4) is 0 Å². The van der Waals surface area contributed by atoms with Crippen LogP contribution in [0.5, 0.6) is 0 Å². The molecule has 0 saturated carbocycles. The summed E-state index contributed by atoms with van der Waals surface area (Å²) in [7, 11) is 1.63. The lowest BCUT2D eigenvalue weighted by Gasteiger charge is -2.28. The van der Waals surface area contributed by atoms with Crippen molar-refractivity contribution in [2.24, 2.45) is 11.1 Å². The van der Waals surface area contributed by atoms with Gasteiger partial charge in [-0.1, -0.05) is 20.8 Å². The van der Waals surface area contributed by atoms with Crippen LogP contribution in [0.1, 0.15) is 27.2 Å². The van der Waals surface area contributed by atoms with Crippen molar-refractivity contribution in [3.63, 3.8) is 0 Å². The average molecular weight is 216 g/mol. The Bertz CT molecular complexity index is 246. The van der Waals surface area contributed by atoms with E-state index in [1.807, 2.05) is 20.8 Å². The summed E-state index contributed by atoms with van der Waals surface area (Å²) in [5.41, 5.74) is 5.45. The number of amides is 1. The second kappa shape index (κ2) is 5.11. The van der Waals surface area contributed by atoms with E-state index in [0.29, 0.717) is 6.54 Å². The molecule has 5 nitrogen and oxygen atoms in total. The van der Waals surface area contributed by atoms with Gasteiger partial charge in [0.05, 0.1) is 12.5 Å². The molecule has 0 aliphatic heterocycles. The van der Waals surface area contributed by atoms with Crippen LogP contribution in [-0.4, -0.2) is 41.5 Å². The smallest absolute Gasteiger partial charge is 0.305 e.